The first-order valence-corrected chi connectivity index (χ1v) is 10.2. The van der Waals surface area contributed by atoms with Gasteiger partial charge in [0.15, 0.2) is 5.82 Å². The summed E-state index contributed by atoms with van der Waals surface area (Å²) in [7, 11) is 0. The first-order valence-electron chi connectivity index (χ1n) is 10.2. The summed E-state index contributed by atoms with van der Waals surface area (Å²) in [6, 6.07) is 7.30. The molecule has 2 aliphatic heterocycles. The highest BCUT2D eigenvalue weighted by molar-refractivity contribution is 6.03. The molecule has 2 N–H and O–H groups in total. The third-order valence-corrected chi connectivity index (χ3v) is 5.22. The molecule has 0 radical (unpaired) electrons. The van der Waals surface area contributed by atoms with Gasteiger partial charge in [0.25, 0.3) is 5.91 Å². The number of anilines is 2. The average molecular weight is 410 g/mol. The predicted molar refractivity (Wildman–Crippen MR) is 112 cm³/mol. The number of carbonyl (C=O) groups is 2. The van der Waals surface area contributed by atoms with E-state index in [1.807, 2.05) is 18.2 Å². The highest BCUT2D eigenvalue weighted by Gasteiger charge is 2.26. The number of fused-ring (bicyclic) bond motifs is 1. The number of amides is 2. The van der Waals surface area contributed by atoms with Crippen LogP contribution >= 0.6 is 0 Å². The fourth-order valence-corrected chi connectivity index (χ4v) is 3.57. The van der Waals surface area contributed by atoms with Crippen LogP contribution in [0.3, 0.4) is 0 Å². The van der Waals surface area contributed by atoms with E-state index in [1.54, 1.807) is 17.2 Å². The van der Waals surface area contributed by atoms with Gasteiger partial charge in [-0.3, -0.25) is 19.5 Å². The van der Waals surface area contributed by atoms with Crippen LogP contribution < -0.4 is 15.5 Å². The Morgan fingerprint density at radius 2 is 2.10 bits per heavy atom. The Morgan fingerprint density at radius 3 is 2.90 bits per heavy atom. The SMILES string of the molecule is O=C(NCCCN1CCOCC1)c1cnc2c(c1)N(Cc1ccccn1)C(=O)CN2. The molecule has 1 saturated heterocycles. The maximum atomic E-state index is 12.6. The minimum absolute atomic E-state index is 0.0852. The number of rotatable bonds is 7. The van der Waals surface area contributed by atoms with Crippen LogP contribution in [-0.2, 0) is 16.1 Å². The van der Waals surface area contributed by atoms with Gasteiger partial charge in [-0.2, -0.15) is 0 Å². The molecule has 2 aromatic heterocycles. The number of nitrogens with one attached hydrogen (secondary N) is 2. The standard InChI is InChI=1S/C21H26N6O3/c28-19-14-25-20-18(27(19)15-17-4-1-2-5-22-17)12-16(13-24-20)21(29)23-6-3-7-26-8-10-30-11-9-26/h1-2,4-5,12-13H,3,6-11,14-15H2,(H,23,29)(H,24,25). The Labute approximate surface area is 175 Å². The van der Waals surface area contributed by atoms with Crippen molar-refractivity contribution in [1.29, 1.82) is 0 Å². The van der Waals surface area contributed by atoms with E-state index in [4.69, 9.17) is 4.74 Å². The van der Waals surface area contributed by atoms with Crippen molar-refractivity contribution in [3.63, 3.8) is 0 Å². The maximum absolute atomic E-state index is 12.6. The van der Waals surface area contributed by atoms with Crippen LogP contribution in [0.15, 0.2) is 36.7 Å². The van der Waals surface area contributed by atoms with Gasteiger partial charge in [-0.1, -0.05) is 6.07 Å². The van der Waals surface area contributed by atoms with Gasteiger partial charge in [-0.05, 0) is 31.2 Å². The number of pyridine rings is 2. The molecule has 0 spiro atoms. The second kappa shape index (κ2) is 9.64. The highest BCUT2D eigenvalue weighted by atomic mass is 16.5. The number of morpholine rings is 1. The van der Waals surface area contributed by atoms with Gasteiger partial charge in [0.1, 0.15) is 0 Å². The van der Waals surface area contributed by atoms with Crippen molar-refractivity contribution in [3.05, 3.63) is 47.9 Å². The molecular formula is C21H26N6O3. The minimum Gasteiger partial charge on any atom is -0.379 e. The van der Waals surface area contributed by atoms with Crippen molar-refractivity contribution in [2.75, 3.05) is 56.2 Å². The molecule has 4 rings (SSSR count). The topological polar surface area (TPSA) is 99.7 Å². The number of hydrogen-bond acceptors (Lipinski definition) is 7. The zero-order valence-corrected chi connectivity index (χ0v) is 16.8. The Morgan fingerprint density at radius 1 is 1.23 bits per heavy atom. The normalized spacial score (nSPS) is 16.7. The Kier molecular flexibility index (Phi) is 6.50. The Bertz CT molecular complexity index is 886. The maximum Gasteiger partial charge on any atom is 0.252 e. The second-order valence-corrected chi connectivity index (χ2v) is 7.31. The van der Waals surface area contributed by atoms with Gasteiger partial charge in [-0.15, -0.1) is 0 Å². The highest BCUT2D eigenvalue weighted by Crippen LogP contribution is 2.29. The summed E-state index contributed by atoms with van der Waals surface area (Å²) in [6.07, 6.45) is 4.11. The molecule has 1 fully saturated rings. The average Bonchev–Trinajstić information content (AvgIpc) is 2.79. The molecule has 30 heavy (non-hydrogen) atoms. The van der Waals surface area contributed by atoms with Gasteiger partial charge in [0.2, 0.25) is 5.91 Å². The lowest BCUT2D eigenvalue weighted by molar-refractivity contribution is -0.117. The van der Waals surface area contributed by atoms with Crippen LogP contribution in [0.25, 0.3) is 0 Å². The molecule has 0 unspecified atom stereocenters. The summed E-state index contributed by atoms with van der Waals surface area (Å²) < 4.78 is 5.35. The lowest BCUT2D eigenvalue weighted by Crippen LogP contribution is -2.40. The number of ether oxygens (including phenoxy) is 1. The summed E-state index contributed by atoms with van der Waals surface area (Å²) >= 11 is 0. The van der Waals surface area contributed by atoms with Crippen LogP contribution in [0.5, 0.6) is 0 Å². The van der Waals surface area contributed by atoms with E-state index in [0.29, 0.717) is 30.2 Å². The molecule has 0 aromatic carbocycles. The lowest BCUT2D eigenvalue weighted by atomic mass is 10.1. The summed E-state index contributed by atoms with van der Waals surface area (Å²) in [5.41, 5.74) is 1.80. The third-order valence-electron chi connectivity index (χ3n) is 5.22. The summed E-state index contributed by atoms with van der Waals surface area (Å²) in [5, 5.41) is 5.96. The van der Waals surface area contributed by atoms with Crippen LogP contribution in [0, 0.1) is 0 Å². The smallest absolute Gasteiger partial charge is 0.252 e. The molecule has 4 heterocycles. The van der Waals surface area contributed by atoms with Crippen molar-refractivity contribution < 1.29 is 14.3 Å². The van der Waals surface area contributed by atoms with Crippen molar-refractivity contribution >= 4 is 23.3 Å². The molecule has 0 saturated carbocycles. The Hall–Kier alpha value is -3.04. The largest absolute Gasteiger partial charge is 0.379 e. The van der Waals surface area contributed by atoms with E-state index >= 15 is 0 Å². The molecule has 0 atom stereocenters. The van der Waals surface area contributed by atoms with Crippen LogP contribution in [0.2, 0.25) is 0 Å². The van der Waals surface area contributed by atoms with E-state index in [2.05, 4.69) is 25.5 Å². The zero-order chi connectivity index (χ0) is 20.8. The molecule has 158 valence electrons. The third kappa shape index (κ3) is 4.92. The second-order valence-electron chi connectivity index (χ2n) is 7.31. The van der Waals surface area contributed by atoms with E-state index in [-0.39, 0.29) is 18.4 Å². The molecule has 2 aromatic rings. The van der Waals surface area contributed by atoms with Crippen molar-refractivity contribution in [2.24, 2.45) is 0 Å². The van der Waals surface area contributed by atoms with E-state index in [9.17, 15) is 9.59 Å². The van der Waals surface area contributed by atoms with Crippen LogP contribution in [0.1, 0.15) is 22.5 Å². The zero-order valence-electron chi connectivity index (χ0n) is 16.8. The summed E-state index contributed by atoms with van der Waals surface area (Å²) in [6.45, 7) is 5.44. The lowest BCUT2D eigenvalue weighted by Gasteiger charge is -2.29. The quantitative estimate of drug-likeness (QED) is 0.654. The number of aromatic nitrogens is 2. The fraction of sp³-hybridized carbons (Fsp3) is 0.429. The van der Waals surface area contributed by atoms with E-state index in [1.165, 1.54) is 6.20 Å². The van der Waals surface area contributed by atoms with Crippen LogP contribution in [-0.4, -0.2) is 72.6 Å². The van der Waals surface area contributed by atoms with Gasteiger partial charge in [-0.25, -0.2) is 4.98 Å². The molecule has 9 nitrogen and oxygen atoms in total. The Balaban J connectivity index is 1.39. The van der Waals surface area contributed by atoms with Gasteiger partial charge < -0.3 is 20.3 Å². The first kappa shape index (κ1) is 20.2. The molecule has 0 bridgehead atoms. The molecule has 0 aliphatic carbocycles. The molecular weight excluding hydrogens is 384 g/mol. The minimum atomic E-state index is -0.192. The van der Waals surface area contributed by atoms with Crippen LogP contribution in [0.4, 0.5) is 11.5 Å². The molecule has 2 aliphatic rings. The van der Waals surface area contributed by atoms with Gasteiger partial charge in [0, 0.05) is 32.0 Å². The first-order chi connectivity index (χ1) is 14.7. The number of carbonyl (C=O) groups excluding carboxylic acids is 2. The predicted octanol–water partition coefficient (Wildman–Crippen LogP) is 0.887. The van der Waals surface area contributed by atoms with Crippen molar-refractivity contribution in [2.45, 2.75) is 13.0 Å². The molecule has 2 amide bonds. The van der Waals surface area contributed by atoms with E-state index in [0.717, 1.165) is 45.0 Å². The number of hydrogen-bond donors (Lipinski definition) is 2. The number of nitrogens with zero attached hydrogens (tertiary/aromatic N) is 4. The van der Waals surface area contributed by atoms with E-state index < -0.39 is 0 Å². The van der Waals surface area contributed by atoms with Gasteiger partial charge >= 0.3 is 0 Å². The summed E-state index contributed by atoms with van der Waals surface area (Å²) in [5.74, 6) is 0.315. The fourth-order valence-electron chi connectivity index (χ4n) is 3.57. The van der Waals surface area contributed by atoms with Crippen molar-refractivity contribution in [3.8, 4) is 0 Å². The van der Waals surface area contributed by atoms with Crippen molar-refractivity contribution in [1.82, 2.24) is 20.2 Å². The summed E-state index contributed by atoms with van der Waals surface area (Å²) in [4.78, 5) is 37.7. The monoisotopic (exact) mass is 410 g/mol. The molecule has 9 heteroatoms. The van der Waals surface area contributed by atoms with Gasteiger partial charge in [0.05, 0.1) is 43.2 Å².